The zero-order valence-corrected chi connectivity index (χ0v) is 17.9. The molecular formula is C22H24ClN5O3. The minimum atomic E-state index is -1.04. The first-order chi connectivity index (χ1) is 15.1. The average molecular weight is 442 g/mol. The zero-order valence-electron chi connectivity index (χ0n) is 17.1. The van der Waals surface area contributed by atoms with Crippen molar-refractivity contribution in [2.45, 2.75) is 51.0 Å². The molecular weight excluding hydrogens is 418 g/mol. The van der Waals surface area contributed by atoms with Crippen LogP contribution in [0.3, 0.4) is 0 Å². The quantitative estimate of drug-likeness (QED) is 0.623. The molecule has 5 rings (SSSR count). The molecule has 1 saturated carbocycles. The fourth-order valence-electron chi connectivity index (χ4n) is 4.37. The fourth-order valence-corrected chi connectivity index (χ4v) is 4.57. The predicted molar refractivity (Wildman–Crippen MR) is 118 cm³/mol. The lowest BCUT2D eigenvalue weighted by atomic mass is 9.98. The molecule has 0 spiro atoms. The Kier molecular flexibility index (Phi) is 5.40. The second-order valence-electron chi connectivity index (χ2n) is 8.20. The summed E-state index contributed by atoms with van der Waals surface area (Å²) in [7, 11) is 0. The Morgan fingerprint density at radius 1 is 1.10 bits per heavy atom. The fraction of sp³-hybridized carbons (Fsp3) is 0.455. The van der Waals surface area contributed by atoms with Gasteiger partial charge >= 0.3 is 5.97 Å². The number of fused-ring (bicyclic) bond motifs is 1. The molecule has 2 aromatic heterocycles. The van der Waals surface area contributed by atoms with Crippen LogP contribution in [0, 0.1) is 0 Å². The molecule has 0 amide bonds. The van der Waals surface area contributed by atoms with Crippen molar-refractivity contribution >= 4 is 34.3 Å². The number of aromatic carboxylic acids is 1. The van der Waals surface area contributed by atoms with E-state index in [0.29, 0.717) is 22.2 Å². The first kappa shape index (κ1) is 20.1. The van der Waals surface area contributed by atoms with Gasteiger partial charge < -0.3 is 14.7 Å². The Labute approximate surface area is 184 Å². The van der Waals surface area contributed by atoms with Gasteiger partial charge in [0.2, 0.25) is 0 Å². The van der Waals surface area contributed by atoms with Crippen molar-refractivity contribution in [1.29, 1.82) is 0 Å². The first-order valence-electron chi connectivity index (χ1n) is 10.8. The molecule has 0 bridgehead atoms. The molecule has 0 unspecified atom stereocenters. The van der Waals surface area contributed by atoms with Crippen LogP contribution in [0.15, 0.2) is 24.5 Å². The van der Waals surface area contributed by atoms with Crippen molar-refractivity contribution in [3.63, 3.8) is 0 Å². The van der Waals surface area contributed by atoms with Gasteiger partial charge in [0.25, 0.3) is 5.95 Å². The van der Waals surface area contributed by atoms with Crippen molar-refractivity contribution < 1.29 is 14.6 Å². The third-order valence-corrected chi connectivity index (χ3v) is 6.30. The summed E-state index contributed by atoms with van der Waals surface area (Å²) in [6.45, 7) is 1.82. The number of benzene rings is 1. The van der Waals surface area contributed by atoms with E-state index in [9.17, 15) is 9.90 Å². The van der Waals surface area contributed by atoms with E-state index in [1.54, 1.807) is 6.07 Å². The molecule has 1 aliphatic carbocycles. The number of halogens is 1. The summed E-state index contributed by atoms with van der Waals surface area (Å²) in [5.41, 5.74) is 0.765. The van der Waals surface area contributed by atoms with Gasteiger partial charge in [-0.15, -0.1) is 0 Å². The predicted octanol–water partition coefficient (Wildman–Crippen LogP) is 4.48. The molecule has 1 N–H and O–H groups in total. The van der Waals surface area contributed by atoms with E-state index in [1.165, 1.54) is 36.3 Å². The van der Waals surface area contributed by atoms with Gasteiger partial charge in [-0.05, 0) is 50.7 Å². The van der Waals surface area contributed by atoms with Crippen molar-refractivity contribution in [1.82, 2.24) is 19.7 Å². The summed E-state index contributed by atoms with van der Waals surface area (Å²) in [4.78, 5) is 22.9. The van der Waals surface area contributed by atoms with Crippen molar-refractivity contribution in [3.8, 4) is 11.7 Å². The number of hydrogen-bond donors (Lipinski definition) is 1. The monoisotopic (exact) mass is 441 g/mol. The number of rotatable bonds is 5. The van der Waals surface area contributed by atoms with Crippen LogP contribution < -0.4 is 9.64 Å². The number of carbonyl (C=O) groups is 1. The van der Waals surface area contributed by atoms with Gasteiger partial charge in [0, 0.05) is 24.7 Å². The highest BCUT2D eigenvalue weighted by atomic mass is 35.5. The molecule has 8 nitrogen and oxygen atoms in total. The summed E-state index contributed by atoms with van der Waals surface area (Å²) < 4.78 is 7.66. The first-order valence-corrected chi connectivity index (χ1v) is 11.2. The third-order valence-electron chi connectivity index (χ3n) is 6.00. The van der Waals surface area contributed by atoms with Crippen LogP contribution in [0.5, 0.6) is 5.75 Å². The second-order valence-corrected chi connectivity index (χ2v) is 8.60. The molecule has 3 aromatic rings. The molecule has 0 radical (unpaired) electrons. The maximum Gasteiger partial charge on any atom is 0.338 e. The van der Waals surface area contributed by atoms with Crippen LogP contribution in [0.4, 0.5) is 5.82 Å². The van der Waals surface area contributed by atoms with Crippen LogP contribution in [-0.4, -0.2) is 50.0 Å². The molecule has 2 aliphatic rings. The van der Waals surface area contributed by atoms with E-state index in [1.807, 2.05) is 6.07 Å². The summed E-state index contributed by atoms with van der Waals surface area (Å²) >= 11 is 6.58. The van der Waals surface area contributed by atoms with Gasteiger partial charge in [0.15, 0.2) is 0 Å². The summed E-state index contributed by atoms with van der Waals surface area (Å²) in [6.07, 6.45) is 10.8. The lowest BCUT2D eigenvalue weighted by Gasteiger charge is -2.24. The highest BCUT2D eigenvalue weighted by Crippen LogP contribution is 2.36. The zero-order chi connectivity index (χ0) is 21.4. The smallest absolute Gasteiger partial charge is 0.338 e. The number of nitrogens with zero attached hydrogens (tertiary/aromatic N) is 5. The molecule has 3 heterocycles. The molecule has 31 heavy (non-hydrogen) atoms. The maximum absolute atomic E-state index is 11.2. The number of carboxylic acid groups (broad SMARTS) is 1. The van der Waals surface area contributed by atoms with Crippen LogP contribution in [0.2, 0.25) is 5.02 Å². The van der Waals surface area contributed by atoms with E-state index in [2.05, 4.69) is 15.0 Å². The number of aromatic nitrogens is 4. The highest BCUT2D eigenvalue weighted by molar-refractivity contribution is 6.33. The van der Waals surface area contributed by atoms with E-state index in [4.69, 9.17) is 21.3 Å². The molecule has 1 saturated heterocycles. The SMILES string of the molecule is O=C(O)c1cnn(-c2nc(N3CCCC3)c3cc(OC4CCCCC4)c(Cl)cc3n2)c1. The van der Waals surface area contributed by atoms with Gasteiger partial charge in [0.05, 0.1) is 28.4 Å². The van der Waals surface area contributed by atoms with E-state index in [0.717, 1.165) is 50.0 Å². The maximum atomic E-state index is 11.2. The van der Waals surface area contributed by atoms with Gasteiger partial charge in [-0.25, -0.2) is 14.5 Å². The Bertz CT molecular complexity index is 1120. The van der Waals surface area contributed by atoms with Gasteiger partial charge in [-0.3, -0.25) is 0 Å². The normalized spacial score (nSPS) is 17.4. The van der Waals surface area contributed by atoms with Crippen molar-refractivity contribution in [2.75, 3.05) is 18.0 Å². The Hall–Kier alpha value is -2.87. The van der Waals surface area contributed by atoms with Crippen molar-refractivity contribution in [2.24, 2.45) is 0 Å². The van der Waals surface area contributed by atoms with E-state index in [-0.39, 0.29) is 11.7 Å². The molecule has 162 valence electrons. The Balaban J connectivity index is 1.59. The standard InChI is InChI=1S/C22H24ClN5O3/c23-17-11-18-16(10-19(17)31-15-6-2-1-3-7-15)20(27-8-4-5-9-27)26-22(25-18)28-13-14(12-24-28)21(29)30/h10-13,15H,1-9H2,(H,29,30). The molecule has 2 fully saturated rings. The summed E-state index contributed by atoms with van der Waals surface area (Å²) in [5.74, 6) is 0.749. The number of anilines is 1. The largest absolute Gasteiger partial charge is 0.489 e. The minimum Gasteiger partial charge on any atom is -0.489 e. The lowest BCUT2D eigenvalue weighted by Crippen LogP contribution is -2.21. The van der Waals surface area contributed by atoms with Gasteiger partial charge in [-0.2, -0.15) is 10.1 Å². The summed E-state index contributed by atoms with van der Waals surface area (Å²) in [5, 5.41) is 14.7. The van der Waals surface area contributed by atoms with Crippen LogP contribution in [0.25, 0.3) is 16.9 Å². The number of ether oxygens (including phenoxy) is 1. The Morgan fingerprint density at radius 3 is 2.58 bits per heavy atom. The highest BCUT2D eigenvalue weighted by Gasteiger charge is 2.22. The van der Waals surface area contributed by atoms with Crippen LogP contribution >= 0.6 is 11.6 Å². The average Bonchev–Trinajstić information content (AvgIpc) is 3.47. The summed E-state index contributed by atoms with van der Waals surface area (Å²) in [6, 6.07) is 3.76. The van der Waals surface area contributed by atoms with E-state index < -0.39 is 5.97 Å². The van der Waals surface area contributed by atoms with E-state index >= 15 is 0 Å². The van der Waals surface area contributed by atoms with Crippen LogP contribution in [-0.2, 0) is 0 Å². The topological polar surface area (TPSA) is 93.4 Å². The minimum absolute atomic E-state index is 0.0840. The Morgan fingerprint density at radius 2 is 1.87 bits per heavy atom. The van der Waals surface area contributed by atoms with Gasteiger partial charge in [-0.1, -0.05) is 18.0 Å². The molecule has 0 atom stereocenters. The molecule has 9 heteroatoms. The lowest BCUT2D eigenvalue weighted by molar-refractivity contribution is 0.0697. The van der Waals surface area contributed by atoms with Crippen molar-refractivity contribution in [3.05, 3.63) is 35.1 Å². The molecule has 1 aliphatic heterocycles. The molecule has 1 aromatic carbocycles. The third kappa shape index (κ3) is 4.04. The number of carboxylic acids is 1. The van der Waals surface area contributed by atoms with Gasteiger partial charge in [0.1, 0.15) is 11.6 Å². The number of hydrogen-bond acceptors (Lipinski definition) is 6. The second kappa shape index (κ2) is 8.34. The van der Waals surface area contributed by atoms with Crippen LogP contribution in [0.1, 0.15) is 55.3 Å².